The van der Waals surface area contributed by atoms with E-state index < -0.39 is 22.9 Å². The van der Waals surface area contributed by atoms with Crippen LogP contribution in [0.3, 0.4) is 0 Å². The van der Waals surface area contributed by atoms with E-state index in [0.29, 0.717) is 12.1 Å². The number of benzene rings is 1. The minimum absolute atomic E-state index is 0.302. The summed E-state index contributed by atoms with van der Waals surface area (Å²) in [5.74, 6) is -0.537. The summed E-state index contributed by atoms with van der Waals surface area (Å²) in [5, 5.41) is 0. The van der Waals surface area contributed by atoms with Crippen molar-refractivity contribution in [2.45, 2.75) is 18.0 Å². The van der Waals surface area contributed by atoms with Crippen LogP contribution in [-0.4, -0.2) is 27.0 Å². The Morgan fingerprint density at radius 2 is 1.95 bits per heavy atom. The number of carbonyl (C=O) groups excluding carboxylic acids is 1. The van der Waals surface area contributed by atoms with Crippen LogP contribution in [0, 0.1) is 0 Å². The number of esters is 1. The monoisotopic (exact) mass is 299 g/mol. The van der Waals surface area contributed by atoms with E-state index in [-0.39, 0.29) is 6.04 Å². The molecule has 2 aliphatic rings. The van der Waals surface area contributed by atoms with Gasteiger partial charge in [0.05, 0.1) is 18.8 Å². The molecule has 0 unspecified atom stereocenters. The van der Waals surface area contributed by atoms with Crippen molar-refractivity contribution in [2.24, 2.45) is 0 Å². The van der Waals surface area contributed by atoms with Crippen LogP contribution in [0.5, 0.6) is 0 Å². The van der Waals surface area contributed by atoms with Crippen molar-refractivity contribution in [3.63, 3.8) is 0 Å². The van der Waals surface area contributed by atoms with Crippen molar-refractivity contribution in [1.29, 1.82) is 0 Å². The molecule has 1 aromatic carbocycles. The highest BCUT2D eigenvalue weighted by Gasteiger charge is 2.54. The third kappa shape index (κ3) is 1.33. The summed E-state index contributed by atoms with van der Waals surface area (Å²) in [7, 11) is 1.28. The Balaban J connectivity index is 2.03. The Morgan fingerprint density at radius 3 is 2.64 bits per heavy atom. The Kier molecular flexibility index (Phi) is 2.40. The summed E-state index contributed by atoms with van der Waals surface area (Å²) >= 11 is 0. The van der Waals surface area contributed by atoms with Crippen LogP contribution >= 0.6 is 0 Å². The van der Waals surface area contributed by atoms with Crippen LogP contribution in [0.1, 0.15) is 12.5 Å². The van der Waals surface area contributed by atoms with E-state index >= 15 is 0 Å². The van der Waals surface area contributed by atoms with Crippen molar-refractivity contribution >= 4 is 5.97 Å². The molecule has 1 aliphatic heterocycles. The smallest absolute Gasteiger partial charge is 0.353 e. The number of ether oxygens (including phenoxy) is 1. The summed E-state index contributed by atoms with van der Waals surface area (Å²) in [6.45, 7) is 0. The molecule has 2 atom stereocenters. The maximum atomic E-state index is 12.8. The summed E-state index contributed by atoms with van der Waals surface area (Å²) in [5.41, 5.74) is -1.72. The first-order valence-corrected chi connectivity index (χ1v) is 6.90. The van der Waals surface area contributed by atoms with Crippen LogP contribution < -0.4 is 11.4 Å². The molecule has 112 valence electrons. The minimum Gasteiger partial charge on any atom is -0.467 e. The van der Waals surface area contributed by atoms with Crippen molar-refractivity contribution in [2.75, 3.05) is 7.11 Å². The fourth-order valence-corrected chi connectivity index (χ4v) is 3.37. The molecule has 7 nitrogen and oxygen atoms in total. The average Bonchev–Trinajstić information content (AvgIpc) is 3.19. The van der Waals surface area contributed by atoms with E-state index in [1.54, 1.807) is 42.5 Å². The molecule has 7 heteroatoms. The average molecular weight is 299 g/mol. The van der Waals surface area contributed by atoms with Gasteiger partial charge >= 0.3 is 17.3 Å². The molecule has 2 bridgehead atoms. The molecule has 0 amide bonds. The summed E-state index contributed by atoms with van der Waals surface area (Å²) in [4.78, 5) is 37.6. The standard InChI is InChI=1S/C15H13N3O4/c1-22-12(19)15-8-7-11(9-15)17-13(20)16(14(21)18(15)17)10-5-3-2-4-6-10/h2-8,11H,9H2,1H3/t11-,15-/m0/s1. The van der Waals surface area contributed by atoms with E-state index in [1.165, 1.54) is 16.5 Å². The number of para-hydroxylation sites is 1. The van der Waals surface area contributed by atoms with Crippen molar-refractivity contribution in [1.82, 2.24) is 13.9 Å². The first kappa shape index (κ1) is 12.9. The largest absolute Gasteiger partial charge is 0.467 e. The molecule has 0 spiro atoms. The third-order valence-corrected chi connectivity index (χ3v) is 4.34. The van der Waals surface area contributed by atoms with Gasteiger partial charge in [-0.1, -0.05) is 24.3 Å². The van der Waals surface area contributed by atoms with E-state index in [4.69, 9.17) is 4.74 Å². The fraction of sp³-hybridized carbons (Fsp3) is 0.267. The molecule has 4 rings (SSSR count). The second-order valence-electron chi connectivity index (χ2n) is 5.44. The van der Waals surface area contributed by atoms with Crippen molar-refractivity contribution in [3.05, 3.63) is 63.5 Å². The van der Waals surface area contributed by atoms with Crippen LogP contribution in [0.15, 0.2) is 52.1 Å². The van der Waals surface area contributed by atoms with Gasteiger partial charge in [-0.2, -0.15) is 0 Å². The van der Waals surface area contributed by atoms with E-state index in [2.05, 4.69) is 0 Å². The van der Waals surface area contributed by atoms with Gasteiger partial charge in [-0.3, -0.25) is 0 Å². The Morgan fingerprint density at radius 1 is 1.23 bits per heavy atom. The normalized spacial score (nSPS) is 24.5. The van der Waals surface area contributed by atoms with Crippen LogP contribution in [0.2, 0.25) is 0 Å². The molecule has 22 heavy (non-hydrogen) atoms. The highest BCUT2D eigenvalue weighted by molar-refractivity contribution is 5.82. The van der Waals surface area contributed by atoms with E-state index in [0.717, 1.165) is 4.57 Å². The summed E-state index contributed by atoms with van der Waals surface area (Å²) < 4.78 is 8.49. The first-order chi connectivity index (χ1) is 10.6. The molecule has 1 aliphatic carbocycles. The predicted octanol–water partition coefficient (Wildman–Crippen LogP) is 0.184. The third-order valence-electron chi connectivity index (χ3n) is 4.34. The number of rotatable bonds is 2. The van der Waals surface area contributed by atoms with Crippen LogP contribution in [0.4, 0.5) is 0 Å². The van der Waals surface area contributed by atoms with Gasteiger partial charge in [0.15, 0.2) is 5.54 Å². The number of methoxy groups -OCH3 is 1. The summed E-state index contributed by atoms with van der Waals surface area (Å²) in [6.07, 6.45) is 3.77. The topological polar surface area (TPSA) is 75.2 Å². The van der Waals surface area contributed by atoms with Crippen LogP contribution in [0.25, 0.3) is 5.69 Å². The second-order valence-corrected chi connectivity index (χ2v) is 5.44. The molecular formula is C15H13N3O4. The van der Waals surface area contributed by atoms with Gasteiger partial charge in [0.1, 0.15) is 0 Å². The van der Waals surface area contributed by atoms with E-state index in [1.807, 2.05) is 0 Å². The number of carbonyl (C=O) groups is 1. The number of hydrogen-bond donors (Lipinski definition) is 0. The van der Waals surface area contributed by atoms with Gasteiger partial charge in [0.25, 0.3) is 0 Å². The van der Waals surface area contributed by atoms with Gasteiger partial charge in [-0.15, -0.1) is 0 Å². The van der Waals surface area contributed by atoms with Gasteiger partial charge in [0, 0.05) is 6.42 Å². The van der Waals surface area contributed by atoms with Crippen LogP contribution in [-0.2, 0) is 15.1 Å². The van der Waals surface area contributed by atoms with Gasteiger partial charge in [0.2, 0.25) is 0 Å². The zero-order valence-corrected chi connectivity index (χ0v) is 11.8. The molecule has 0 saturated heterocycles. The van der Waals surface area contributed by atoms with Gasteiger partial charge in [-0.05, 0) is 18.2 Å². The number of nitrogens with zero attached hydrogens (tertiary/aromatic N) is 3. The Bertz CT molecular complexity index is 918. The van der Waals surface area contributed by atoms with Gasteiger partial charge in [-0.25, -0.2) is 28.3 Å². The minimum atomic E-state index is -1.21. The SMILES string of the molecule is COC(=O)[C@]12C=C[C@@H](C1)n1c(=O)n(-c3ccccc3)c(=O)n12. The number of hydrogen-bond acceptors (Lipinski definition) is 4. The fourth-order valence-electron chi connectivity index (χ4n) is 3.37. The molecule has 0 saturated carbocycles. The zero-order chi connectivity index (χ0) is 15.5. The molecule has 0 N–H and O–H groups in total. The second kappa shape index (κ2) is 4.09. The molecule has 2 aromatic rings. The van der Waals surface area contributed by atoms with Crippen molar-refractivity contribution in [3.8, 4) is 5.69 Å². The maximum Gasteiger partial charge on any atom is 0.353 e. The lowest BCUT2D eigenvalue weighted by Gasteiger charge is -2.21. The zero-order valence-electron chi connectivity index (χ0n) is 11.8. The predicted molar refractivity (Wildman–Crippen MR) is 77.1 cm³/mol. The molecule has 0 radical (unpaired) electrons. The first-order valence-electron chi connectivity index (χ1n) is 6.90. The highest BCUT2D eigenvalue weighted by Crippen LogP contribution is 2.42. The Labute approximate surface area is 124 Å². The number of fused-ring (bicyclic) bond motifs is 5. The van der Waals surface area contributed by atoms with Gasteiger partial charge < -0.3 is 4.74 Å². The lowest BCUT2D eigenvalue weighted by Crippen LogP contribution is -2.45. The Hall–Kier alpha value is -2.83. The molecular weight excluding hydrogens is 286 g/mol. The number of aromatic nitrogens is 3. The summed E-state index contributed by atoms with van der Waals surface area (Å²) in [6, 6.07) is 8.36. The molecule has 0 fully saturated rings. The molecule has 2 heterocycles. The van der Waals surface area contributed by atoms with E-state index in [9.17, 15) is 14.4 Å². The quantitative estimate of drug-likeness (QED) is 0.586. The number of allylic oxidation sites excluding steroid dienone is 1. The maximum absolute atomic E-state index is 12.8. The lowest BCUT2D eigenvalue weighted by atomic mass is 10.0. The molecule has 1 aromatic heterocycles. The lowest BCUT2D eigenvalue weighted by molar-refractivity contribution is -0.148. The van der Waals surface area contributed by atoms with Crippen molar-refractivity contribution < 1.29 is 9.53 Å². The highest BCUT2D eigenvalue weighted by atomic mass is 16.5.